The molecule has 8 nitrogen and oxygen atoms in total. The number of benzene rings is 2. The second-order valence-electron chi connectivity index (χ2n) is 8.99. The van der Waals surface area contributed by atoms with Gasteiger partial charge in [0.2, 0.25) is 5.91 Å². The number of carbonyl (C=O) groups is 1. The zero-order chi connectivity index (χ0) is 26.9. The summed E-state index contributed by atoms with van der Waals surface area (Å²) in [5.41, 5.74) is 4.01. The molecule has 38 heavy (non-hydrogen) atoms. The van der Waals surface area contributed by atoms with E-state index in [1.165, 1.54) is 0 Å². The molecule has 1 amide bonds. The van der Waals surface area contributed by atoms with Gasteiger partial charge in [0.15, 0.2) is 11.5 Å². The highest BCUT2D eigenvalue weighted by atomic mass is 16.5. The van der Waals surface area contributed by atoms with Gasteiger partial charge in [-0.3, -0.25) is 14.7 Å². The summed E-state index contributed by atoms with van der Waals surface area (Å²) in [6, 6.07) is 15.3. The molecular formula is C30H35N3O5. The molecule has 0 radical (unpaired) electrons. The van der Waals surface area contributed by atoms with Gasteiger partial charge in [0, 0.05) is 29.9 Å². The van der Waals surface area contributed by atoms with Crippen LogP contribution < -0.4 is 24.3 Å². The van der Waals surface area contributed by atoms with Crippen molar-refractivity contribution in [1.29, 1.82) is 0 Å². The highest BCUT2D eigenvalue weighted by molar-refractivity contribution is 5.78. The molecule has 1 aliphatic heterocycles. The molecule has 0 aliphatic carbocycles. The number of nitrogens with zero attached hydrogens (tertiary/aromatic N) is 2. The molecular weight excluding hydrogens is 482 g/mol. The number of hydrogen-bond acceptors (Lipinski definition) is 7. The van der Waals surface area contributed by atoms with Crippen LogP contribution >= 0.6 is 0 Å². The van der Waals surface area contributed by atoms with Crippen LogP contribution in [0.3, 0.4) is 0 Å². The predicted octanol–water partition coefficient (Wildman–Crippen LogP) is 4.13. The topological polar surface area (TPSA) is 82.2 Å². The molecule has 2 aromatic carbocycles. The van der Waals surface area contributed by atoms with Crippen LogP contribution in [-0.2, 0) is 24.2 Å². The number of fused-ring (bicyclic) bond motifs is 1. The van der Waals surface area contributed by atoms with E-state index in [0.717, 1.165) is 40.3 Å². The summed E-state index contributed by atoms with van der Waals surface area (Å²) < 4.78 is 22.8. The van der Waals surface area contributed by atoms with Gasteiger partial charge in [-0.15, -0.1) is 0 Å². The third kappa shape index (κ3) is 6.26. The molecule has 200 valence electrons. The van der Waals surface area contributed by atoms with Gasteiger partial charge in [0.1, 0.15) is 18.1 Å². The maximum atomic E-state index is 13.1. The summed E-state index contributed by atoms with van der Waals surface area (Å²) in [5.74, 6) is 2.86. The number of nitrogens with one attached hydrogen (secondary N) is 1. The molecule has 1 aliphatic rings. The van der Waals surface area contributed by atoms with E-state index in [1.54, 1.807) is 33.6 Å². The van der Waals surface area contributed by atoms with Crippen molar-refractivity contribution in [2.75, 3.05) is 41.0 Å². The largest absolute Gasteiger partial charge is 0.496 e. The summed E-state index contributed by atoms with van der Waals surface area (Å²) in [6.45, 7) is 5.51. The van der Waals surface area contributed by atoms with Crippen LogP contribution in [0.1, 0.15) is 28.4 Å². The summed E-state index contributed by atoms with van der Waals surface area (Å²) >= 11 is 0. The number of ether oxygens (including phenoxy) is 4. The lowest BCUT2D eigenvalue weighted by atomic mass is 9.87. The number of amides is 1. The quantitative estimate of drug-likeness (QED) is 0.362. The molecule has 1 atom stereocenters. The molecule has 4 rings (SSSR count). The Bertz CT molecular complexity index is 1250. The normalized spacial score (nSPS) is 14.8. The molecule has 0 saturated heterocycles. The van der Waals surface area contributed by atoms with Gasteiger partial charge >= 0.3 is 0 Å². The Kier molecular flexibility index (Phi) is 9.21. The first-order chi connectivity index (χ1) is 18.6. The molecule has 2 heterocycles. The number of rotatable bonds is 12. The fraction of sp³-hybridized carbons (Fsp3) is 0.333. The van der Waals surface area contributed by atoms with Crippen LogP contribution in [0.25, 0.3) is 0 Å². The minimum absolute atomic E-state index is 0.0607. The van der Waals surface area contributed by atoms with Crippen molar-refractivity contribution in [1.82, 2.24) is 15.2 Å². The van der Waals surface area contributed by atoms with Gasteiger partial charge in [-0.05, 0) is 54.8 Å². The third-order valence-corrected chi connectivity index (χ3v) is 6.69. The van der Waals surface area contributed by atoms with Crippen molar-refractivity contribution in [2.24, 2.45) is 0 Å². The van der Waals surface area contributed by atoms with Gasteiger partial charge in [-0.2, -0.15) is 0 Å². The predicted molar refractivity (Wildman–Crippen MR) is 146 cm³/mol. The number of carbonyl (C=O) groups excluding carboxylic acids is 1. The van der Waals surface area contributed by atoms with Crippen molar-refractivity contribution in [3.63, 3.8) is 0 Å². The summed E-state index contributed by atoms with van der Waals surface area (Å²) in [7, 11) is 4.92. The average Bonchev–Trinajstić information content (AvgIpc) is 2.96. The molecule has 8 heteroatoms. The molecule has 1 aromatic heterocycles. The minimum atomic E-state index is -0.125. The van der Waals surface area contributed by atoms with Gasteiger partial charge in [0.05, 0.1) is 40.1 Å². The summed E-state index contributed by atoms with van der Waals surface area (Å²) in [4.78, 5) is 19.6. The highest BCUT2D eigenvalue weighted by Crippen LogP contribution is 2.43. The van der Waals surface area contributed by atoms with Gasteiger partial charge in [0.25, 0.3) is 0 Å². The van der Waals surface area contributed by atoms with Gasteiger partial charge < -0.3 is 24.3 Å². The number of aromatic nitrogens is 1. The van der Waals surface area contributed by atoms with Crippen LogP contribution in [0.5, 0.6) is 23.0 Å². The Hall–Kier alpha value is -4.04. The lowest BCUT2D eigenvalue weighted by Gasteiger charge is -2.38. The molecule has 1 unspecified atom stereocenters. The van der Waals surface area contributed by atoms with E-state index < -0.39 is 0 Å². The van der Waals surface area contributed by atoms with E-state index in [2.05, 4.69) is 21.8 Å². The first kappa shape index (κ1) is 27.0. The van der Waals surface area contributed by atoms with Crippen LogP contribution in [0.2, 0.25) is 0 Å². The van der Waals surface area contributed by atoms with Crippen molar-refractivity contribution in [3.05, 3.63) is 89.8 Å². The molecule has 0 saturated carbocycles. The molecule has 0 spiro atoms. The number of pyridine rings is 1. The average molecular weight is 518 g/mol. The smallest absolute Gasteiger partial charge is 0.234 e. The second kappa shape index (κ2) is 13.0. The van der Waals surface area contributed by atoms with Crippen molar-refractivity contribution in [3.8, 4) is 23.0 Å². The monoisotopic (exact) mass is 517 g/mol. The molecule has 1 N–H and O–H groups in total. The lowest BCUT2D eigenvalue weighted by Crippen LogP contribution is -2.43. The fourth-order valence-electron chi connectivity index (χ4n) is 4.89. The van der Waals surface area contributed by atoms with Gasteiger partial charge in [-0.25, -0.2) is 0 Å². The molecule has 0 fully saturated rings. The maximum absolute atomic E-state index is 13.1. The van der Waals surface area contributed by atoms with E-state index in [9.17, 15) is 4.79 Å². The maximum Gasteiger partial charge on any atom is 0.234 e. The lowest BCUT2D eigenvalue weighted by molar-refractivity contribution is -0.123. The first-order valence-corrected chi connectivity index (χ1v) is 12.6. The van der Waals surface area contributed by atoms with Crippen LogP contribution in [0.15, 0.2) is 67.4 Å². The SMILES string of the molecule is C=CCOc1ccc(OC)c2c1CCN(CC(=O)NCc1ccccn1)C2Cc1ccc(OC)c(OC)c1. The Morgan fingerprint density at radius 1 is 1.05 bits per heavy atom. The van der Waals surface area contributed by atoms with Crippen molar-refractivity contribution >= 4 is 5.91 Å². The Morgan fingerprint density at radius 3 is 2.53 bits per heavy atom. The Labute approximate surface area is 224 Å². The highest BCUT2D eigenvalue weighted by Gasteiger charge is 2.33. The summed E-state index contributed by atoms with van der Waals surface area (Å²) in [6.07, 6.45) is 4.83. The van der Waals surface area contributed by atoms with Crippen molar-refractivity contribution in [2.45, 2.75) is 25.4 Å². The van der Waals surface area contributed by atoms with Crippen LogP contribution in [0, 0.1) is 0 Å². The Balaban J connectivity index is 1.65. The van der Waals surface area contributed by atoms with E-state index in [0.29, 0.717) is 37.6 Å². The van der Waals surface area contributed by atoms with Crippen molar-refractivity contribution < 1.29 is 23.7 Å². The van der Waals surface area contributed by atoms with Gasteiger partial charge in [-0.1, -0.05) is 24.8 Å². The van der Waals surface area contributed by atoms with E-state index in [4.69, 9.17) is 18.9 Å². The third-order valence-electron chi connectivity index (χ3n) is 6.69. The minimum Gasteiger partial charge on any atom is -0.496 e. The fourth-order valence-corrected chi connectivity index (χ4v) is 4.89. The number of hydrogen-bond donors (Lipinski definition) is 1. The summed E-state index contributed by atoms with van der Waals surface area (Å²) in [5, 5.41) is 3.01. The number of methoxy groups -OCH3 is 3. The second-order valence-corrected chi connectivity index (χ2v) is 8.99. The Morgan fingerprint density at radius 2 is 1.82 bits per heavy atom. The zero-order valence-corrected chi connectivity index (χ0v) is 22.2. The molecule has 3 aromatic rings. The molecule has 0 bridgehead atoms. The van der Waals surface area contributed by atoms with Crippen LogP contribution in [0.4, 0.5) is 0 Å². The van der Waals surface area contributed by atoms with E-state index >= 15 is 0 Å². The van der Waals surface area contributed by atoms with E-state index in [1.807, 2.05) is 48.5 Å². The first-order valence-electron chi connectivity index (χ1n) is 12.6. The van der Waals surface area contributed by atoms with E-state index in [-0.39, 0.29) is 18.5 Å². The standard InChI is InChI=1S/C30H35N3O5/c1-5-16-38-25-11-12-27(36-3)30-23(25)13-15-33(20-29(34)32-19-22-8-6-7-14-31-22)24(30)17-21-9-10-26(35-2)28(18-21)37-4/h5-12,14,18,24H,1,13,15-17,19-20H2,2-4H3,(H,32,34). The zero-order valence-electron chi connectivity index (χ0n) is 22.2. The van der Waals surface area contributed by atoms with Crippen LogP contribution in [-0.4, -0.2) is 56.8 Å².